The van der Waals surface area contributed by atoms with E-state index in [1.807, 2.05) is 6.07 Å². The Morgan fingerprint density at radius 2 is 2.05 bits per heavy atom. The zero-order chi connectivity index (χ0) is 16.3. The highest BCUT2D eigenvalue weighted by Gasteiger charge is 2.21. The molecule has 22 heavy (non-hydrogen) atoms. The third kappa shape index (κ3) is 4.55. The molecule has 1 heterocycles. The molecule has 0 saturated heterocycles. The number of aryl methyl sites for hydroxylation is 2. The maximum Gasteiger partial charge on any atom is 0.261 e. The van der Waals surface area contributed by atoms with Gasteiger partial charge >= 0.3 is 0 Å². The monoisotopic (exact) mass is 324 g/mol. The van der Waals surface area contributed by atoms with Gasteiger partial charge in [-0.2, -0.15) is 0 Å². The number of carbonyl (C=O) groups is 2. The van der Waals surface area contributed by atoms with Gasteiger partial charge in [-0.1, -0.05) is 0 Å². The first-order valence-electron chi connectivity index (χ1n) is 7.62. The molecule has 0 fully saturated rings. The lowest BCUT2D eigenvalue weighted by molar-refractivity contribution is -0.131. The molecule has 0 radical (unpaired) electrons. The van der Waals surface area contributed by atoms with Gasteiger partial charge in [0.2, 0.25) is 5.91 Å². The summed E-state index contributed by atoms with van der Waals surface area (Å²) in [6, 6.07) is 1.96. The van der Waals surface area contributed by atoms with Crippen LogP contribution < -0.4 is 5.32 Å². The van der Waals surface area contributed by atoms with E-state index in [1.165, 1.54) is 39.5 Å². The van der Waals surface area contributed by atoms with Crippen molar-refractivity contribution in [3.05, 3.63) is 21.4 Å². The average molecular weight is 324 g/mol. The van der Waals surface area contributed by atoms with Crippen LogP contribution >= 0.6 is 11.3 Å². The molecule has 1 aliphatic carbocycles. The van der Waals surface area contributed by atoms with E-state index in [4.69, 9.17) is 0 Å². The van der Waals surface area contributed by atoms with Crippen LogP contribution in [0.5, 0.6) is 0 Å². The summed E-state index contributed by atoms with van der Waals surface area (Å²) in [7, 11) is 1.62. The lowest BCUT2D eigenvalue weighted by atomic mass is 9.99. The molecule has 1 aromatic heterocycles. The van der Waals surface area contributed by atoms with Crippen molar-refractivity contribution >= 4 is 23.2 Å². The smallest absolute Gasteiger partial charge is 0.261 e. The van der Waals surface area contributed by atoms with Crippen molar-refractivity contribution in [1.29, 1.82) is 0 Å². The molecular weight excluding hydrogens is 300 g/mol. The Labute approximate surface area is 135 Å². The molecule has 0 spiro atoms. The van der Waals surface area contributed by atoms with Crippen LogP contribution in [0.15, 0.2) is 6.07 Å². The fraction of sp³-hybridized carbons (Fsp3) is 0.625. The van der Waals surface area contributed by atoms with Crippen molar-refractivity contribution in [1.82, 2.24) is 10.2 Å². The van der Waals surface area contributed by atoms with E-state index in [1.54, 1.807) is 20.9 Å². The number of likely N-dealkylation sites (N-methyl/N-ethyl adjacent to an activating group) is 1. The second kappa shape index (κ2) is 6.79. The Morgan fingerprint density at radius 3 is 2.68 bits per heavy atom. The quantitative estimate of drug-likeness (QED) is 0.864. The second-order valence-electron chi connectivity index (χ2n) is 6.51. The van der Waals surface area contributed by atoms with E-state index < -0.39 is 5.60 Å². The molecule has 0 atom stereocenters. The van der Waals surface area contributed by atoms with Crippen molar-refractivity contribution in [3.8, 4) is 0 Å². The first-order valence-corrected chi connectivity index (χ1v) is 8.44. The maximum absolute atomic E-state index is 12.2. The van der Waals surface area contributed by atoms with Gasteiger partial charge < -0.3 is 15.3 Å². The predicted molar refractivity (Wildman–Crippen MR) is 87.2 cm³/mol. The van der Waals surface area contributed by atoms with Crippen LogP contribution in [-0.4, -0.2) is 47.6 Å². The van der Waals surface area contributed by atoms with Crippen LogP contribution in [0.4, 0.5) is 0 Å². The van der Waals surface area contributed by atoms with Crippen LogP contribution in [0.1, 0.15) is 46.8 Å². The van der Waals surface area contributed by atoms with Gasteiger partial charge in [-0.15, -0.1) is 11.3 Å². The first kappa shape index (κ1) is 17.0. The normalized spacial score (nSPS) is 14.4. The topological polar surface area (TPSA) is 69.6 Å². The lowest BCUT2D eigenvalue weighted by Crippen LogP contribution is -2.44. The predicted octanol–water partition coefficient (Wildman–Crippen LogP) is 1.59. The molecule has 2 amide bonds. The molecule has 0 aromatic carbocycles. The van der Waals surface area contributed by atoms with Crippen LogP contribution in [0.2, 0.25) is 0 Å². The highest BCUT2D eigenvalue weighted by molar-refractivity contribution is 7.14. The van der Waals surface area contributed by atoms with Crippen LogP contribution in [0.3, 0.4) is 0 Å². The summed E-state index contributed by atoms with van der Waals surface area (Å²) in [5, 5.41) is 12.4. The number of carbonyl (C=O) groups excluding carboxylic acids is 2. The van der Waals surface area contributed by atoms with Gasteiger partial charge in [-0.3, -0.25) is 9.59 Å². The van der Waals surface area contributed by atoms with Crippen molar-refractivity contribution in [2.45, 2.75) is 45.1 Å². The van der Waals surface area contributed by atoms with Crippen molar-refractivity contribution in [3.63, 3.8) is 0 Å². The summed E-state index contributed by atoms with van der Waals surface area (Å²) in [6.45, 7) is 3.47. The molecule has 5 nitrogen and oxygen atoms in total. The van der Waals surface area contributed by atoms with E-state index in [0.29, 0.717) is 4.88 Å². The summed E-state index contributed by atoms with van der Waals surface area (Å²) in [5.74, 6) is -0.402. The zero-order valence-corrected chi connectivity index (χ0v) is 14.3. The Bertz CT molecular complexity index is 537. The number of fused-ring (bicyclic) bond motifs is 1. The molecule has 0 unspecified atom stereocenters. The molecule has 0 saturated carbocycles. The highest BCUT2D eigenvalue weighted by atomic mass is 32.1. The fourth-order valence-electron chi connectivity index (χ4n) is 2.65. The Kier molecular flexibility index (Phi) is 5.24. The van der Waals surface area contributed by atoms with E-state index in [0.717, 1.165) is 12.8 Å². The number of nitrogens with zero attached hydrogens (tertiary/aromatic N) is 1. The summed E-state index contributed by atoms with van der Waals surface area (Å²) in [4.78, 5) is 27.5. The number of thiophene rings is 1. The standard InChI is InChI=1S/C16H24N2O3S/c1-16(2,21)10-18(3)14(19)9-17-15(20)13-8-11-6-4-5-7-12(11)22-13/h8,21H,4-7,9-10H2,1-3H3,(H,17,20). The number of hydrogen-bond donors (Lipinski definition) is 2. The number of hydrogen-bond acceptors (Lipinski definition) is 4. The van der Waals surface area contributed by atoms with Crippen LogP contribution in [-0.2, 0) is 17.6 Å². The molecule has 1 aliphatic rings. The van der Waals surface area contributed by atoms with Crippen LogP contribution in [0, 0.1) is 0 Å². The maximum atomic E-state index is 12.2. The molecular formula is C16H24N2O3S. The Hall–Kier alpha value is -1.40. The molecule has 122 valence electrons. The van der Waals surface area contributed by atoms with Crippen molar-refractivity contribution in [2.75, 3.05) is 20.1 Å². The minimum Gasteiger partial charge on any atom is -0.389 e. The van der Waals surface area contributed by atoms with Crippen molar-refractivity contribution < 1.29 is 14.7 Å². The van der Waals surface area contributed by atoms with Crippen LogP contribution in [0.25, 0.3) is 0 Å². The Balaban J connectivity index is 1.87. The summed E-state index contributed by atoms with van der Waals surface area (Å²) in [5.41, 5.74) is 0.341. The van der Waals surface area contributed by atoms with Gasteiger partial charge in [0.05, 0.1) is 17.0 Å². The van der Waals surface area contributed by atoms with Gasteiger partial charge in [0.25, 0.3) is 5.91 Å². The number of amides is 2. The van der Waals surface area contributed by atoms with Gasteiger partial charge in [-0.25, -0.2) is 0 Å². The minimum atomic E-state index is -0.943. The third-order valence-corrected chi connectivity index (χ3v) is 4.91. The third-order valence-electron chi connectivity index (χ3n) is 3.67. The summed E-state index contributed by atoms with van der Waals surface area (Å²) < 4.78 is 0. The van der Waals surface area contributed by atoms with Crippen molar-refractivity contribution in [2.24, 2.45) is 0 Å². The summed E-state index contributed by atoms with van der Waals surface area (Å²) >= 11 is 1.54. The fourth-order valence-corrected chi connectivity index (χ4v) is 3.82. The molecule has 0 aliphatic heterocycles. The van der Waals surface area contributed by atoms with Gasteiger partial charge in [0.15, 0.2) is 0 Å². The number of rotatable bonds is 5. The zero-order valence-electron chi connectivity index (χ0n) is 13.4. The largest absolute Gasteiger partial charge is 0.389 e. The van der Waals surface area contributed by atoms with E-state index in [9.17, 15) is 14.7 Å². The molecule has 6 heteroatoms. The van der Waals surface area contributed by atoms with E-state index in [-0.39, 0.29) is 24.9 Å². The van der Waals surface area contributed by atoms with Gasteiger partial charge in [0.1, 0.15) is 0 Å². The second-order valence-corrected chi connectivity index (χ2v) is 7.65. The highest BCUT2D eigenvalue weighted by Crippen LogP contribution is 2.29. The van der Waals surface area contributed by atoms with E-state index in [2.05, 4.69) is 5.32 Å². The lowest BCUT2D eigenvalue weighted by Gasteiger charge is -2.25. The van der Waals surface area contributed by atoms with E-state index >= 15 is 0 Å². The summed E-state index contributed by atoms with van der Waals surface area (Å²) in [6.07, 6.45) is 4.48. The average Bonchev–Trinajstić information content (AvgIpc) is 2.86. The molecule has 2 rings (SSSR count). The first-order chi connectivity index (χ1) is 10.3. The van der Waals surface area contributed by atoms with Gasteiger partial charge in [-0.05, 0) is 51.2 Å². The number of nitrogens with one attached hydrogen (secondary N) is 1. The molecule has 0 bridgehead atoms. The van der Waals surface area contributed by atoms with Gasteiger partial charge in [0, 0.05) is 18.5 Å². The SMILES string of the molecule is CN(CC(C)(C)O)C(=O)CNC(=O)c1cc2c(s1)CCCC2. The molecule has 2 N–H and O–H groups in total. The number of aliphatic hydroxyl groups is 1. The Morgan fingerprint density at radius 1 is 1.36 bits per heavy atom. The minimum absolute atomic E-state index is 0.0476. The molecule has 1 aromatic rings.